The summed E-state index contributed by atoms with van der Waals surface area (Å²) in [7, 11) is 17.1. The molecule has 0 unspecified atom stereocenters. The van der Waals surface area contributed by atoms with Crippen LogP contribution in [0, 0.1) is 0 Å². The predicted octanol–water partition coefficient (Wildman–Crippen LogP) is -12.7. The Morgan fingerprint density at radius 3 is 1.50 bits per heavy atom. The van der Waals surface area contributed by atoms with E-state index in [1.807, 2.05) is 0 Å². The van der Waals surface area contributed by atoms with Crippen LogP contribution < -0.4 is 59.1 Å². The van der Waals surface area contributed by atoms with Gasteiger partial charge in [-0.05, 0) is 0 Å². The van der Waals surface area contributed by atoms with Gasteiger partial charge in [0.25, 0.3) is 0 Å². The summed E-state index contributed by atoms with van der Waals surface area (Å²) in [6.45, 7) is 0. The predicted molar refractivity (Wildman–Crippen MR) is 97.9 cm³/mol. The zero-order valence-electron chi connectivity index (χ0n) is 12.6. The minimum absolute atomic E-state index is 0. The van der Waals surface area contributed by atoms with Crippen molar-refractivity contribution >= 4 is 92.9 Å². The van der Waals surface area contributed by atoms with Crippen molar-refractivity contribution in [3.63, 3.8) is 0 Å². The van der Waals surface area contributed by atoms with Crippen molar-refractivity contribution in [2.24, 2.45) is 0 Å². The maximum absolute atomic E-state index is 5.79. The molecule has 0 fully saturated rings. The van der Waals surface area contributed by atoms with Gasteiger partial charge in [0.1, 0.15) is 0 Å². The van der Waals surface area contributed by atoms with Crippen LogP contribution in [0.25, 0.3) is 0 Å². The fourth-order valence-corrected chi connectivity index (χ4v) is 5.08. The van der Waals surface area contributed by atoms with Gasteiger partial charge in [-0.1, -0.05) is 0 Å². The van der Waals surface area contributed by atoms with E-state index in [1.54, 1.807) is 0 Å². The molecule has 0 bridgehead atoms. The minimum atomic E-state index is -0.741. The zero-order valence-corrected chi connectivity index (χ0v) is 17.4. The normalized spacial score (nSPS) is 8.38. The molecule has 61 valence electrons. The summed E-state index contributed by atoms with van der Waals surface area (Å²) in [5.41, 5.74) is 0. The smallest absolute Gasteiger partial charge is 1.00 e. The third-order valence-electron chi connectivity index (χ3n) is 2.33. The van der Waals surface area contributed by atoms with Gasteiger partial charge in [-0.3, -0.25) is 0 Å². The average molecular weight is 224 g/mol. The maximum Gasteiger partial charge on any atom is 1.00 e. The van der Waals surface area contributed by atoms with Gasteiger partial charge < -0.3 is 0 Å². The first kappa shape index (κ1) is 24.2. The summed E-state index contributed by atoms with van der Waals surface area (Å²) < 4.78 is 0. The molecule has 0 aliphatic heterocycles. The Morgan fingerprint density at radius 1 is 1.00 bits per heavy atom. The zero-order chi connectivity index (χ0) is 11.4. The van der Waals surface area contributed by atoms with E-state index in [4.69, 9.17) is 7.74 Å². The Morgan fingerprint density at radius 2 is 1.31 bits per heavy atom. The van der Waals surface area contributed by atoms with E-state index in [0.29, 0.717) is 18.5 Å². The van der Waals surface area contributed by atoms with Crippen molar-refractivity contribution in [1.82, 2.24) is 0 Å². The summed E-state index contributed by atoms with van der Waals surface area (Å²) in [5.74, 6) is 0.604. The molecule has 0 aromatic rings. The number of hydrogen-bond donors (Lipinski definition) is 0. The monoisotopic (exact) mass is 224 g/mol. The van der Waals surface area contributed by atoms with Crippen LogP contribution in [0.15, 0.2) is 0 Å². The maximum atomic E-state index is 5.79. The molecule has 0 aliphatic rings. The molecule has 0 rings (SSSR count). The number of rotatable bonds is 4. The Hall–Kier alpha value is 3.13. The molecule has 0 aliphatic carbocycles. The van der Waals surface area contributed by atoms with Crippen LogP contribution in [0.1, 0.15) is 0 Å². The van der Waals surface area contributed by atoms with E-state index >= 15 is 0 Å². The van der Waals surface area contributed by atoms with Crippen LogP contribution in [0.2, 0.25) is 0 Å². The van der Waals surface area contributed by atoms with Gasteiger partial charge in [-0.15, -0.1) is 0 Å². The Bertz CT molecular complexity index is 257. The molecule has 15 heteroatoms. The van der Waals surface area contributed by atoms with Gasteiger partial charge in [0.15, 0.2) is 0 Å². The van der Waals surface area contributed by atoms with Gasteiger partial charge >= 0.3 is 158 Å². The van der Waals surface area contributed by atoms with Gasteiger partial charge in [0.2, 0.25) is 0 Å². The second-order valence-corrected chi connectivity index (χ2v) is 8.50. The first-order valence-corrected chi connectivity index (χ1v) is 7.72. The standard InChI is InChI=1S/CH14B12S.2Na/c1-14(9-11(3)4,10-12(5)6)13(7)8-2;;/h8H,3-7H2,1H3;;/q-1;2*+1/i2-1,3-1,4-1,5-1,6-1,7-1,8-1,9-1,10-1,11-1,12-1,13-1;;. The molecule has 0 heterocycles. The van der Waals surface area contributed by atoms with E-state index in [0.717, 1.165) is 7.06 Å². The Balaban J connectivity index is -0.000000845. The van der Waals surface area contributed by atoms with Crippen LogP contribution >= 0.6 is 8.73 Å². The quantitative estimate of drug-likeness (QED) is 0.416. The molecule has 16 heavy (non-hydrogen) atoms. The van der Waals surface area contributed by atoms with Crippen LogP contribution in [-0.2, 0) is 0 Å². The fraction of sp³-hybridized carbons (Fsp3) is 1.00. The first-order valence-electron chi connectivity index (χ1n) is 5.49. The van der Waals surface area contributed by atoms with Crippen molar-refractivity contribution in [3.8, 4) is 0 Å². The van der Waals surface area contributed by atoms with Crippen LogP contribution in [0.3, 0.4) is 0 Å². The molecule has 0 aromatic heterocycles. The second kappa shape index (κ2) is 11.9. The van der Waals surface area contributed by atoms with Gasteiger partial charge in [-0.25, -0.2) is 0 Å². The molecular weight excluding hydrogens is 210 g/mol. The molecule has 0 nitrogen and oxygen atoms in total. The molecule has 0 aromatic carbocycles. The Labute approximate surface area is 156 Å². The summed E-state index contributed by atoms with van der Waals surface area (Å²) in [5, 5.41) is 0. The third kappa shape index (κ3) is 9.98. The van der Waals surface area contributed by atoms with Crippen LogP contribution in [0.4, 0.5) is 0 Å². The Kier molecular flexibility index (Phi) is 18.0. The first-order chi connectivity index (χ1) is 6.31. The summed E-state index contributed by atoms with van der Waals surface area (Å²) >= 11 is 0. The molecule has 0 spiro atoms. The summed E-state index contributed by atoms with van der Waals surface area (Å²) in [4.78, 5) is 0. The van der Waals surface area contributed by atoms with Crippen molar-refractivity contribution in [3.05, 3.63) is 0 Å². The SMILES string of the molecule is [10B-][10BH][10B]([10BH2])S(C)(=[10B][10B]([10BH2])[10BH2])=[10B][10B]([10BH2])[10BH2].[Na+].[Na+]. The molecule has 3 radical (unpaired) electrons. The summed E-state index contributed by atoms with van der Waals surface area (Å²) in [6.07, 6.45) is 3.68. The van der Waals surface area contributed by atoms with E-state index < -0.39 is 8.73 Å². The van der Waals surface area contributed by atoms with E-state index in [-0.39, 0.29) is 59.1 Å². The third-order valence-corrected chi connectivity index (χ3v) is 6.52. The van der Waals surface area contributed by atoms with Crippen molar-refractivity contribution in [2.75, 3.05) is 6.26 Å². The summed E-state index contributed by atoms with van der Waals surface area (Å²) in [6, 6.07) is 5.01. The minimum Gasteiger partial charge on any atom is 1.00 e. The van der Waals surface area contributed by atoms with Crippen molar-refractivity contribution < 1.29 is 59.1 Å². The molecule has 0 atom stereocenters. The number of hydrogen-bond acceptors (Lipinski definition) is 0. The molecule has 0 amide bonds. The van der Waals surface area contributed by atoms with Crippen LogP contribution in [0.5, 0.6) is 0 Å². The molecule has 0 saturated heterocycles. The molecule has 0 saturated carbocycles. The van der Waals surface area contributed by atoms with Crippen LogP contribution in [-0.4, -0.2) is 90.4 Å². The van der Waals surface area contributed by atoms with Gasteiger partial charge in [0, 0.05) is 0 Å². The average Bonchev–Trinajstić information content (AvgIpc) is 1.99. The van der Waals surface area contributed by atoms with E-state index in [1.165, 1.54) is 0 Å². The molecular formula is CH14B12Na2S+. The second-order valence-electron chi connectivity index (χ2n) is 4.92. The van der Waals surface area contributed by atoms with E-state index in [9.17, 15) is 0 Å². The van der Waals surface area contributed by atoms with Gasteiger partial charge in [0.05, 0.1) is 0 Å². The van der Waals surface area contributed by atoms with E-state index in [2.05, 4.69) is 57.0 Å². The van der Waals surface area contributed by atoms with Gasteiger partial charge in [-0.2, -0.15) is 0 Å². The largest absolute Gasteiger partial charge is 1.00 e. The fourth-order valence-electron chi connectivity index (χ4n) is 1.69. The topological polar surface area (TPSA) is 0 Å². The van der Waals surface area contributed by atoms with Crippen molar-refractivity contribution in [1.29, 1.82) is 0 Å². The molecule has 0 N–H and O–H groups in total. The van der Waals surface area contributed by atoms with Crippen molar-refractivity contribution in [2.45, 2.75) is 0 Å².